The molecule has 0 aliphatic carbocycles. The smallest absolute Gasteiger partial charge is 0.240 e. The van der Waals surface area contributed by atoms with Gasteiger partial charge in [-0.1, -0.05) is 12.1 Å². The Kier molecular flexibility index (Phi) is 5.74. The lowest BCUT2D eigenvalue weighted by Crippen LogP contribution is -2.44. The van der Waals surface area contributed by atoms with Crippen LogP contribution in [0.2, 0.25) is 0 Å². The van der Waals surface area contributed by atoms with Gasteiger partial charge >= 0.3 is 0 Å². The van der Waals surface area contributed by atoms with Crippen molar-refractivity contribution in [3.63, 3.8) is 0 Å². The molecule has 1 fully saturated rings. The van der Waals surface area contributed by atoms with E-state index < -0.39 is 15.6 Å². The Labute approximate surface area is 136 Å². The lowest BCUT2D eigenvalue weighted by molar-refractivity contribution is -0.122. The van der Waals surface area contributed by atoms with Crippen LogP contribution in [-0.4, -0.2) is 51.7 Å². The normalized spacial score (nSPS) is 21.3. The second-order valence-electron chi connectivity index (χ2n) is 5.78. The van der Waals surface area contributed by atoms with E-state index in [0.717, 1.165) is 12.1 Å². The molecule has 23 heavy (non-hydrogen) atoms. The molecule has 0 radical (unpaired) electrons. The van der Waals surface area contributed by atoms with Gasteiger partial charge in [-0.25, -0.2) is 13.1 Å². The highest BCUT2D eigenvalue weighted by Crippen LogP contribution is 2.13. The van der Waals surface area contributed by atoms with Gasteiger partial charge in [0, 0.05) is 19.5 Å². The monoisotopic (exact) mass is 341 g/mol. The van der Waals surface area contributed by atoms with E-state index in [1.165, 1.54) is 19.2 Å². The molecule has 0 aromatic heterocycles. The lowest BCUT2D eigenvalue weighted by Gasteiger charge is -2.21. The molecule has 0 unspecified atom stereocenters. The van der Waals surface area contributed by atoms with Crippen LogP contribution in [0.4, 0.5) is 0 Å². The Morgan fingerprint density at radius 2 is 2.04 bits per heavy atom. The van der Waals surface area contributed by atoms with Crippen LogP contribution in [0.15, 0.2) is 29.2 Å². The fourth-order valence-electron chi connectivity index (χ4n) is 2.44. The minimum Gasteiger partial charge on any atom is -0.387 e. The molecule has 0 saturated carbocycles. The summed E-state index contributed by atoms with van der Waals surface area (Å²) in [7, 11) is -2.07. The van der Waals surface area contributed by atoms with E-state index in [1.807, 2.05) is 0 Å². The Morgan fingerprint density at radius 1 is 1.35 bits per heavy atom. The van der Waals surface area contributed by atoms with E-state index in [2.05, 4.69) is 15.4 Å². The number of benzene rings is 1. The third-order valence-electron chi connectivity index (χ3n) is 3.98. The largest absolute Gasteiger partial charge is 0.387 e. The van der Waals surface area contributed by atoms with Crippen molar-refractivity contribution in [2.75, 3.05) is 26.7 Å². The Morgan fingerprint density at radius 3 is 2.61 bits per heavy atom. The molecule has 0 bridgehead atoms. The van der Waals surface area contributed by atoms with Crippen molar-refractivity contribution in [2.45, 2.75) is 29.8 Å². The van der Waals surface area contributed by atoms with Crippen LogP contribution in [0.5, 0.6) is 0 Å². The maximum Gasteiger partial charge on any atom is 0.240 e. The Hall–Kier alpha value is -1.48. The molecule has 8 heteroatoms. The summed E-state index contributed by atoms with van der Waals surface area (Å²) in [5.74, 6) is -0.128. The number of hydrogen-bond acceptors (Lipinski definition) is 5. The molecule has 1 heterocycles. The number of rotatable bonds is 7. The molecule has 1 aliphatic heterocycles. The number of sulfonamides is 1. The third kappa shape index (κ3) is 5.00. The average molecular weight is 341 g/mol. The molecular formula is C15H23N3O4S. The van der Waals surface area contributed by atoms with Crippen LogP contribution in [0.3, 0.4) is 0 Å². The Bertz CT molecular complexity index is 637. The predicted octanol–water partition coefficient (Wildman–Crippen LogP) is -0.632. The van der Waals surface area contributed by atoms with Gasteiger partial charge in [0.05, 0.1) is 10.5 Å². The summed E-state index contributed by atoms with van der Waals surface area (Å²) in [6.45, 7) is 1.50. The van der Waals surface area contributed by atoms with Gasteiger partial charge in [0.15, 0.2) is 0 Å². The molecule has 1 amide bonds. The summed E-state index contributed by atoms with van der Waals surface area (Å²) in [5.41, 5.74) is 0.0372. The van der Waals surface area contributed by atoms with Gasteiger partial charge in [-0.15, -0.1) is 0 Å². The van der Waals surface area contributed by atoms with Crippen molar-refractivity contribution in [3.05, 3.63) is 29.8 Å². The minimum atomic E-state index is -3.43. The first-order chi connectivity index (χ1) is 10.8. The molecule has 7 nitrogen and oxygen atoms in total. The van der Waals surface area contributed by atoms with Crippen molar-refractivity contribution in [2.24, 2.45) is 0 Å². The highest BCUT2D eigenvalue weighted by molar-refractivity contribution is 7.89. The number of carbonyl (C=O) groups is 1. The number of aliphatic hydroxyl groups is 1. The van der Waals surface area contributed by atoms with Crippen LogP contribution in [0.1, 0.15) is 18.4 Å². The number of β-amino-alcohol motifs (C(OH)–C–C–N with tert-alkyl or cyclic N) is 1. The Balaban J connectivity index is 1.80. The van der Waals surface area contributed by atoms with Crippen molar-refractivity contribution in [1.82, 2.24) is 15.4 Å². The first-order valence-electron chi connectivity index (χ1n) is 7.57. The summed E-state index contributed by atoms with van der Waals surface area (Å²) in [4.78, 5) is 12.0. The van der Waals surface area contributed by atoms with Gasteiger partial charge in [-0.2, -0.15) is 0 Å². The van der Waals surface area contributed by atoms with Gasteiger partial charge in [0.1, 0.15) is 0 Å². The second-order valence-corrected chi connectivity index (χ2v) is 7.67. The SMILES string of the molecule is CNS(=O)(=O)c1ccc(CCC(=O)NC[C@]2(O)CCNC2)cc1. The molecule has 1 aromatic carbocycles. The number of nitrogens with one attached hydrogen (secondary N) is 3. The number of aryl methyl sites for hydroxylation is 1. The van der Waals surface area contributed by atoms with Crippen LogP contribution in [0.25, 0.3) is 0 Å². The maximum absolute atomic E-state index is 11.8. The van der Waals surface area contributed by atoms with Crippen LogP contribution >= 0.6 is 0 Å². The fraction of sp³-hybridized carbons (Fsp3) is 0.533. The van der Waals surface area contributed by atoms with Crippen LogP contribution in [-0.2, 0) is 21.2 Å². The van der Waals surface area contributed by atoms with E-state index in [4.69, 9.17) is 0 Å². The van der Waals surface area contributed by atoms with Crippen molar-refractivity contribution < 1.29 is 18.3 Å². The first-order valence-corrected chi connectivity index (χ1v) is 9.05. The summed E-state index contributed by atoms with van der Waals surface area (Å²) < 4.78 is 25.5. The van der Waals surface area contributed by atoms with Gasteiger partial charge < -0.3 is 15.7 Å². The molecule has 1 aliphatic rings. The van der Waals surface area contributed by atoms with Gasteiger partial charge in [0.2, 0.25) is 15.9 Å². The number of hydrogen-bond donors (Lipinski definition) is 4. The van der Waals surface area contributed by atoms with Crippen LogP contribution < -0.4 is 15.4 Å². The number of carbonyl (C=O) groups excluding carboxylic acids is 1. The van der Waals surface area contributed by atoms with E-state index in [1.54, 1.807) is 12.1 Å². The molecule has 1 saturated heterocycles. The van der Waals surface area contributed by atoms with E-state index >= 15 is 0 Å². The zero-order valence-corrected chi connectivity index (χ0v) is 13.9. The second kappa shape index (κ2) is 7.39. The summed E-state index contributed by atoms with van der Waals surface area (Å²) in [5, 5.41) is 15.9. The van der Waals surface area contributed by atoms with Crippen molar-refractivity contribution in [1.29, 1.82) is 0 Å². The quantitative estimate of drug-likeness (QED) is 0.528. The molecule has 1 aromatic rings. The fourth-order valence-corrected chi connectivity index (χ4v) is 3.17. The van der Waals surface area contributed by atoms with Crippen molar-refractivity contribution >= 4 is 15.9 Å². The highest BCUT2D eigenvalue weighted by atomic mass is 32.2. The highest BCUT2D eigenvalue weighted by Gasteiger charge is 2.31. The predicted molar refractivity (Wildman–Crippen MR) is 86.5 cm³/mol. The maximum atomic E-state index is 11.8. The molecule has 2 rings (SSSR count). The minimum absolute atomic E-state index is 0.128. The lowest BCUT2D eigenvalue weighted by atomic mass is 10.0. The zero-order chi connectivity index (χ0) is 16.9. The molecule has 128 valence electrons. The molecule has 1 atom stereocenters. The standard InChI is InChI=1S/C15H23N3O4S/c1-16-23(21,22)13-5-2-12(3-6-13)4-7-14(19)18-11-15(20)8-9-17-10-15/h2-3,5-6,16-17,20H,4,7-11H2,1H3,(H,18,19)/t15-/m0/s1. The van der Waals surface area contributed by atoms with E-state index in [9.17, 15) is 18.3 Å². The third-order valence-corrected chi connectivity index (χ3v) is 5.41. The summed E-state index contributed by atoms with van der Waals surface area (Å²) >= 11 is 0. The van der Waals surface area contributed by atoms with Gasteiger partial charge in [-0.05, 0) is 44.1 Å². The van der Waals surface area contributed by atoms with E-state index in [-0.39, 0.29) is 17.3 Å². The molecule has 4 N–H and O–H groups in total. The number of amides is 1. The molecular weight excluding hydrogens is 318 g/mol. The molecule has 0 spiro atoms. The topological polar surface area (TPSA) is 108 Å². The van der Waals surface area contributed by atoms with Crippen molar-refractivity contribution in [3.8, 4) is 0 Å². The summed E-state index contributed by atoms with van der Waals surface area (Å²) in [6, 6.07) is 6.44. The van der Waals surface area contributed by atoms with E-state index in [0.29, 0.717) is 25.8 Å². The summed E-state index contributed by atoms with van der Waals surface area (Å²) in [6.07, 6.45) is 1.44. The van der Waals surface area contributed by atoms with Gasteiger partial charge in [-0.3, -0.25) is 4.79 Å². The zero-order valence-electron chi connectivity index (χ0n) is 13.1. The van der Waals surface area contributed by atoms with Crippen LogP contribution in [0, 0.1) is 0 Å². The van der Waals surface area contributed by atoms with Gasteiger partial charge in [0.25, 0.3) is 0 Å². The average Bonchev–Trinajstić information content (AvgIpc) is 2.98. The first kappa shape index (κ1) is 17.9.